The summed E-state index contributed by atoms with van der Waals surface area (Å²) in [4.78, 5) is 0. The molecule has 1 saturated heterocycles. The lowest BCUT2D eigenvalue weighted by atomic mass is 9.62. The van der Waals surface area contributed by atoms with E-state index in [9.17, 15) is 5.11 Å². The third-order valence-corrected chi connectivity index (χ3v) is 2.96. The Hall–Kier alpha value is -0.120. The number of rotatable bonds is 0. The van der Waals surface area contributed by atoms with Gasteiger partial charge in [0.25, 0.3) is 0 Å². The Kier molecular flexibility index (Phi) is 1.27. The maximum Gasteiger partial charge on any atom is 0.0649 e. The maximum atomic E-state index is 9.41. The van der Waals surface area contributed by atoms with Gasteiger partial charge in [0.15, 0.2) is 0 Å². The van der Waals surface area contributed by atoms with Crippen molar-refractivity contribution in [1.29, 1.82) is 0 Å². The van der Waals surface area contributed by atoms with Crippen LogP contribution in [0.15, 0.2) is 0 Å². The van der Waals surface area contributed by atoms with Crippen molar-refractivity contribution >= 4 is 0 Å². The van der Waals surface area contributed by atoms with E-state index in [0.717, 1.165) is 19.4 Å². The molecule has 10 heavy (non-hydrogen) atoms. The van der Waals surface area contributed by atoms with Gasteiger partial charge in [0.1, 0.15) is 0 Å². The van der Waals surface area contributed by atoms with Gasteiger partial charge in [-0.15, -0.1) is 0 Å². The van der Waals surface area contributed by atoms with Gasteiger partial charge in [-0.2, -0.15) is 0 Å². The van der Waals surface area contributed by atoms with Crippen LogP contribution in [0, 0.1) is 5.41 Å². The van der Waals surface area contributed by atoms with Gasteiger partial charge < -0.3 is 15.6 Å². The highest BCUT2D eigenvalue weighted by Gasteiger charge is 2.54. The molecule has 1 unspecified atom stereocenters. The molecule has 1 aliphatic carbocycles. The molecule has 58 valence electrons. The Morgan fingerprint density at radius 2 is 2.40 bits per heavy atom. The first-order chi connectivity index (χ1) is 4.76. The summed E-state index contributed by atoms with van der Waals surface area (Å²) in [6.07, 6.45) is 1.49. The Morgan fingerprint density at radius 3 is 2.70 bits per heavy atom. The van der Waals surface area contributed by atoms with Gasteiger partial charge in [-0.25, -0.2) is 0 Å². The SMILES string of the molecule is N[C@@H]1C[C@H](O)C12CCOC2. The molecule has 2 fully saturated rings. The molecule has 3 heteroatoms. The van der Waals surface area contributed by atoms with E-state index in [2.05, 4.69) is 0 Å². The number of aliphatic hydroxyl groups excluding tert-OH is 1. The molecule has 0 radical (unpaired) electrons. The average Bonchev–Trinajstić information content (AvgIpc) is 2.37. The minimum Gasteiger partial charge on any atom is -0.392 e. The molecule has 2 aliphatic rings. The molecule has 0 aromatic heterocycles. The van der Waals surface area contributed by atoms with Gasteiger partial charge in [-0.1, -0.05) is 0 Å². The van der Waals surface area contributed by atoms with Crippen LogP contribution in [0.4, 0.5) is 0 Å². The Balaban J connectivity index is 2.12. The van der Waals surface area contributed by atoms with Crippen LogP contribution in [0.3, 0.4) is 0 Å². The molecule has 1 saturated carbocycles. The van der Waals surface area contributed by atoms with Gasteiger partial charge >= 0.3 is 0 Å². The van der Waals surface area contributed by atoms with Crippen LogP contribution in [-0.4, -0.2) is 30.5 Å². The number of aliphatic hydroxyl groups is 1. The number of hydrogen-bond acceptors (Lipinski definition) is 3. The largest absolute Gasteiger partial charge is 0.392 e. The van der Waals surface area contributed by atoms with Crippen molar-refractivity contribution < 1.29 is 9.84 Å². The van der Waals surface area contributed by atoms with Gasteiger partial charge in [0.2, 0.25) is 0 Å². The number of hydrogen-bond donors (Lipinski definition) is 2. The molecular formula is C7H13NO2. The highest BCUT2D eigenvalue weighted by molar-refractivity contribution is 5.07. The summed E-state index contributed by atoms with van der Waals surface area (Å²) in [5.41, 5.74) is 5.71. The highest BCUT2D eigenvalue weighted by atomic mass is 16.5. The Labute approximate surface area is 60.2 Å². The maximum absolute atomic E-state index is 9.41. The molecule has 3 atom stereocenters. The van der Waals surface area contributed by atoms with Crippen LogP contribution in [-0.2, 0) is 4.74 Å². The lowest BCUT2D eigenvalue weighted by molar-refractivity contribution is -0.0853. The van der Waals surface area contributed by atoms with E-state index in [4.69, 9.17) is 10.5 Å². The topological polar surface area (TPSA) is 55.5 Å². The second-order valence-electron chi connectivity index (χ2n) is 3.39. The van der Waals surface area contributed by atoms with Crippen LogP contribution in [0.5, 0.6) is 0 Å². The van der Waals surface area contributed by atoms with E-state index in [1.54, 1.807) is 0 Å². The van der Waals surface area contributed by atoms with Gasteiger partial charge in [0, 0.05) is 18.1 Å². The fourth-order valence-electron chi connectivity index (χ4n) is 1.95. The van der Waals surface area contributed by atoms with E-state index in [1.807, 2.05) is 0 Å². The summed E-state index contributed by atoms with van der Waals surface area (Å²) in [5.74, 6) is 0. The van der Waals surface area contributed by atoms with Crippen LogP contribution < -0.4 is 5.73 Å². The molecule has 3 N–H and O–H groups in total. The fourth-order valence-corrected chi connectivity index (χ4v) is 1.95. The van der Waals surface area contributed by atoms with Crippen LogP contribution in [0.25, 0.3) is 0 Å². The van der Waals surface area contributed by atoms with E-state index >= 15 is 0 Å². The molecule has 0 aromatic carbocycles. The zero-order valence-corrected chi connectivity index (χ0v) is 5.92. The van der Waals surface area contributed by atoms with E-state index in [1.165, 1.54) is 0 Å². The quantitative estimate of drug-likeness (QED) is 0.480. The minimum absolute atomic E-state index is 0.0556. The van der Waals surface area contributed by atoms with Gasteiger partial charge in [0.05, 0.1) is 12.7 Å². The molecule has 1 heterocycles. The van der Waals surface area contributed by atoms with Crippen LogP contribution in [0.2, 0.25) is 0 Å². The molecule has 3 nitrogen and oxygen atoms in total. The molecular weight excluding hydrogens is 130 g/mol. The third kappa shape index (κ3) is 0.603. The van der Waals surface area contributed by atoms with Crippen molar-refractivity contribution in [3.63, 3.8) is 0 Å². The van der Waals surface area contributed by atoms with E-state index < -0.39 is 0 Å². The molecule has 0 amide bonds. The van der Waals surface area contributed by atoms with Crippen molar-refractivity contribution in [1.82, 2.24) is 0 Å². The first kappa shape index (κ1) is 6.58. The normalized spacial score (nSPS) is 53.4. The zero-order chi connectivity index (χ0) is 7.19. The fraction of sp³-hybridized carbons (Fsp3) is 1.00. The standard InChI is InChI=1S/C7H13NO2/c8-5-3-6(9)7(5)1-2-10-4-7/h5-6,9H,1-4,8H2/t5-,6+,7?/m1/s1. The summed E-state index contributed by atoms with van der Waals surface area (Å²) in [6.45, 7) is 1.43. The van der Waals surface area contributed by atoms with Crippen LogP contribution >= 0.6 is 0 Å². The average molecular weight is 143 g/mol. The monoisotopic (exact) mass is 143 g/mol. The minimum atomic E-state index is -0.204. The predicted molar refractivity (Wildman–Crippen MR) is 36.5 cm³/mol. The molecule has 0 aromatic rings. The number of ether oxygens (including phenoxy) is 1. The first-order valence-electron chi connectivity index (χ1n) is 3.77. The summed E-state index contributed by atoms with van der Waals surface area (Å²) in [7, 11) is 0. The summed E-state index contributed by atoms with van der Waals surface area (Å²) in [6, 6.07) is 0.171. The second kappa shape index (κ2) is 1.94. The smallest absolute Gasteiger partial charge is 0.0649 e. The predicted octanol–water partition coefficient (Wildman–Crippen LogP) is -0.515. The van der Waals surface area contributed by atoms with Crippen molar-refractivity contribution in [3.8, 4) is 0 Å². The van der Waals surface area contributed by atoms with Crippen molar-refractivity contribution in [2.75, 3.05) is 13.2 Å². The van der Waals surface area contributed by atoms with Crippen molar-refractivity contribution in [3.05, 3.63) is 0 Å². The first-order valence-corrected chi connectivity index (χ1v) is 3.77. The highest BCUT2D eigenvalue weighted by Crippen LogP contribution is 2.46. The Bertz CT molecular complexity index is 133. The molecule has 1 spiro atoms. The van der Waals surface area contributed by atoms with Crippen molar-refractivity contribution in [2.24, 2.45) is 11.1 Å². The summed E-state index contributed by atoms with van der Waals surface area (Å²) >= 11 is 0. The van der Waals surface area contributed by atoms with Gasteiger partial charge in [-0.3, -0.25) is 0 Å². The lowest BCUT2D eigenvalue weighted by Gasteiger charge is -2.48. The molecule has 2 rings (SSSR count). The third-order valence-electron chi connectivity index (χ3n) is 2.96. The summed E-state index contributed by atoms with van der Waals surface area (Å²) in [5, 5.41) is 9.41. The lowest BCUT2D eigenvalue weighted by Crippen LogP contribution is -2.61. The van der Waals surface area contributed by atoms with Gasteiger partial charge in [-0.05, 0) is 12.8 Å². The van der Waals surface area contributed by atoms with Crippen molar-refractivity contribution in [2.45, 2.75) is 25.0 Å². The van der Waals surface area contributed by atoms with E-state index in [-0.39, 0.29) is 17.6 Å². The second-order valence-corrected chi connectivity index (χ2v) is 3.39. The zero-order valence-electron chi connectivity index (χ0n) is 5.92. The van der Waals surface area contributed by atoms with E-state index in [0.29, 0.717) is 6.61 Å². The number of nitrogens with two attached hydrogens (primary N) is 1. The summed E-state index contributed by atoms with van der Waals surface area (Å²) < 4.78 is 5.20. The van der Waals surface area contributed by atoms with Crippen LogP contribution in [0.1, 0.15) is 12.8 Å². The molecule has 0 bridgehead atoms. The molecule has 1 aliphatic heterocycles. The Morgan fingerprint density at radius 1 is 1.60 bits per heavy atom.